The molecule has 90 valence electrons. The molecule has 0 atom stereocenters. The van der Waals surface area contributed by atoms with Crippen LogP contribution in [0.5, 0.6) is 0 Å². The average Bonchev–Trinajstić information content (AvgIpc) is 2.70. The van der Waals surface area contributed by atoms with Gasteiger partial charge in [0, 0.05) is 7.05 Å². The van der Waals surface area contributed by atoms with Gasteiger partial charge in [0.2, 0.25) is 0 Å². The Morgan fingerprint density at radius 1 is 1.41 bits per heavy atom. The smallest absolute Gasteiger partial charge is 0.329 e. The molecule has 0 aliphatic rings. The molecule has 0 aliphatic carbocycles. The fourth-order valence-corrected chi connectivity index (χ4v) is 1.39. The van der Waals surface area contributed by atoms with Crippen molar-refractivity contribution in [3.8, 4) is 0 Å². The highest BCUT2D eigenvalue weighted by atomic mass is 16.4. The van der Waals surface area contributed by atoms with Crippen LogP contribution in [0.4, 0.5) is 6.01 Å². The standard InChI is InChI=1S/C12H14N2O3/c1-12(2,10(15)16)14(3)11-13-8-6-4-5-7-9(8)17-11/h4-7H,1-3H3,(H,15,16). The van der Waals surface area contributed by atoms with E-state index in [1.54, 1.807) is 27.0 Å². The van der Waals surface area contributed by atoms with Crippen molar-refractivity contribution in [2.24, 2.45) is 0 Å². The van der Waals surface area contributed by atoms with E-state index < -0.39 is 11.5 Å². The summed E-state index contributed by atoms with van der Waals surface area (Å²) in [7, 11) is 1.65. The van der Waals surface area contributed by atoms with Crippen LogP contribution in [0.15, 0.2) is 28.7 Å². The minimum Gasteiger partial charge on any atom is -0.480 e. The number of likely N-dealkylation sites (N-methyl/N-ethyl adjacent to an activating group) is 1. The van der Waals surface area contributed by atoms with E-state index in [4.69, 9.17) is 9.52 Å². The Morgan fingerprint density at radius 2 is 2.06 bits per heavy atom. The summed E-state index contributed by atoms with van der Waals surface area (Å²) >= 11 is 0. The summed E-state index contributed by atoms with van der Waals surface area (Å²) in [5, 5.41) is 9.14. The molecule has 0 spiro atoms. The number of aromatic nitrogens is 1. The topological polar surface area (TPSA) is 66.6 Å². The van der Waals surface area contributed by atoms with Crippen molar-refractivity contribution < 1.29 is 14.3 Å². The maximum absolute atomic E-state index is 11.1. The van der Waals surface area contributed by atoms with Crippen molar-refractivity contribution in [3.05, 3.63) is 24.3 Å². The summed E-state index contributed by atoms with van der Waals surface area (Å²) in [6.07, 6.45) is 0. The number of hydrogen-bond acceptors (Lipinski definition) is 4. The minimum atomic E-state index is -1.07. The molecular weight excluding hydrogens is 220 g/mol. The molecule has 1 heterocycles. The van der Waals surface area contributed by atoms with Crippen LogP contribution >= 0.6 is 0 Å². The van der Waals surface area contributed by atoms with Gasteiger partial charge in [-0.25, -0.2) is 4.79 Å². The molecule has 0 fully saturated rings. The minimum absolute atomic E-state index is 0.304. The molecular formula is C12H14N2O3. The number of carboxylic acids is 1. The Morgan fingerprint density at radius 3 is 2.65 bits per heavy atom. The van der Waals surface area contributed by atoms with Gasteiger partial charge in [-0.3, -0.25) is 0 Å². The van der Waals surface area contributed by atoms with Crippen molar-refractivity contribution in [1.82, 2.24) is 4.98 Å². The van der Waals surface area contributed by atoms with Gasteiger partial charge in [-0.2, -0.15) is 4.98 Å². The Bertz CT molecular complexity index is 527. The number of carboxylic acid groups (broad SMARTS) is 1. The molecule has 2 rings (SSSR count). The molecule has 1 N–H and O–H groups in total. The number of anilines is 1. The zero-order valence-electron chi connectivity index (χ0n) is 9.97. The van der Waals surface area contributed by atoms with Crippen molar-refractivity contribution in [1.29, 1.82) is 0 Å². The van der Waals surface area contributed by atoms with Crippen molar-refractivity contribution in [2.45, 2.75) is 19.4 Å². The molecule has 2 aromatic rings. The number of para-hydroxylation sites is 2. The van der Waals surface area contributed by atoms with Gasteiger partial charge in [-0.05, 0) is 26.0 Å². The van der Waals surface area contributed by atoms with Gasteiger partial charge in [0.15, 0.2) is 5.58 Å². The lowest BCUT2D eigenvalue weighted by Gasteiger charge is -2.29. The lowest BCUT2D eigenvalue weighted by molar-refractivity contribution is -0.142. The van der Waals surface area contributed by atoms with E-state index >= 15 is 0 Å². The van der Waals surface area contributed by atoms with Crippen LogP contribution in [-0.4, -0.2) is 28.6 Å². The monoisotopic (exact) mass is 234 g/mol. The van der Waals surface area contributed by atoms with Crippen molar-refractivity contribution in [2.75, 3.05) is 11.9 Å². The zero-order chi connectivity index (χ0) is 12.6. The summed E-state index contributed by atoms with van der Waals surface area (Å²) in [4.78, 5) is 16.9. The van der Waals surface area contributed by atoms with Gasteiger partial charge in [-0.1, -0.05) is 12.1 Å². The maximum Gasteiger partial charge on any atom is 0.329 e. The number of oxazole rings is 1. The summed E-state index contributed by atoms with van der Waals surface area (Å²) in [5.74, 6) is -0.928. The Labute approximate surface area is 98.7 Å². The number of hydrogen-bond donors (Lipinski definition) is 1. The predicted molar refractivity (Wildman–Crippen MR) is 64.1 cm³/mol. The largest absolute Gasteiger partial charge is 0.480 e. The third kappa shape index (κ3) is 1.84. The molecule has 0 radical (unpaired) electrons. The third-order valence-corrected chi connectivity index (χ3v) is 2.93. The maximum atomic E-state index is 11.1. The number of aliphatic carboxylic acids is 1. The molecule has 0 saturated heterocycles. The average molecular weight is 234 g/mol. The molecule has 0 aliphatic heterocycles. The van der Waals surface area contributed by atoms with Crippen LogP contribution < -0.4 is 4.90 Å². The Kier molecular flexibility index (Phi) is 2.53. The molecule has 0 saturated carbocycles. The number of carbonyl (C=O) groups is 1. The molecule has 17 heavy (non-hydrogen) atoms. The lowest BCUT2D eigenvalue weighted by Crippen LogP contribution is -2.48. The van der Waals surface area contributed by atoms with Gasteiger partial charge in [0.1, 0.15) is 11.1 Å². The highest BCUT2D eigenvalue weighted by molar-refractivity contribution is 5.82. The van der Waals surface area contributed by atoms with Crippen LogP contribution in [0.25, 0.3) is 11.1 Å². The summed E-state index contributed by atoms with van der Waals surface area (Å²) in [5.41, 5.74) is 0.298. The normalized spacial score (nSPS) is 11.7. The second kappa shape index (κ2) is 3.76. The second-order valence-corrected chi connectivity index (χ2v) is 4.39. The van der Waals surface area contributed by atoms with E-state index in [2.05, 4.69) is 4.98 Å². The van der Waals surface area contributed by atoms with E-state index in [0.717, 1.165) is 5.52 Å². The van der Waals surface area contributed by atoms with E-state index in [0.29, 0.717) is 11.6 Å². The molecule has 0 unspecified atom stereocenters. The molecule has 5 nitrogen and oxygen atoms in total. The van der Waals surface area contributed by atoms with Crippen molar-refractivity contribution >= 4 is 23.1 Å². The van der Waals surface area contributed by atoms with E-state index in [-0.39, 0.29) is 0 Å². The zero-order valence-corrected chi connectivity index (χ0v) is 9.97. The first-order valence-corrected chi connectivity index (χ1v) is 5.25. The van der Waals surface area contributed by atoms with E-state index in [9.17, 15) is 4.79 Å². The predicted octanol–water partition coefficient (Wildman–Crippen LogP) is 2.13. The quantitative estimate of drug-likeness (QED) is 0.881. The summed E-state index contributed by atoms with van der Waals surface area (Å²) < 4.78 is 5.52. The summed E-state index contributed by atoms with van der Waals surface area (Å²) in [6, 6.07) is 7.63. The molecule has 1 aromatic heterocycles. The van der Waals surface area contributed by atoms with E-state index in [1.807, 2.05) is 18.2 Å². The highest BCUT2D eigenvalue weighted by Crippen LogP contribution is 2.25. The number of fused-ring (bicyclic) bond motifs is 1. The first-order valence-electron chi connectivity index (χ1n) is 5.25. The number of benzene rings is 1. The highest BCUT2D eigenvalue weighted by Gasteiger charge is 2.34. The Hall–Kier alpha value is -2.04. The molecule has 1 aromatic carbocycles. The van der Waals surface area contributed by atoms with E-state index in [1.165, 1.54) is 4.90 Å². The first-order chi connectivity index (χ1) is 7.93. The van der Waals surface area contributed by atoms with Gasteiger partial charge in [0.25, 0.3) is 6.01 Å². The fourth-order valence-electron chi connectivity index (χ4n) is 1.39. The van der Waals surface area contributed by atoms with Crippen LogP contribution in [0.3, 0.4) is 0 Å². The van der Waals surface area contributed by atoms with Crippen LogP contribution in [-0.2, 0) is 4.79 Å². The van der Waals surface area contributed by atoms with Gasteiger partial charge < -0.3 is 14.4 Å². The summed E-state index contributed by atoms with van der Waals surface area (Å²) in [6.45, 7) is 3.20. The van der Waals surface area contributed by atoms with Crippen LogP contribution in [0, 0.1) is 0 Å². The van der Waals surface area contributed by atoms with Crippen LogP contribution in [0.2, 0.25) is 0 Å². The van der Waals surface area contributed by atoms with Gasteiger partial charge in [0.05, 0.1) is 0 Å². The van der Waals surface area contributed by atoms with Gasteiger partial charge in [-0.15, -0.1) is 0 Å². The van der Waals surface area contributed by atoms with Crippen molar-refractivity contribution in [3.63, 3.8) is 0 Å². The number of rotatable bonds is 3. The number of nitrogens with zero attached hydrogens (tertiary/aromatic N) is 2. The molecule has 0 amide bonds. The van der Waals surface area contributed by atoms with Gasteiger partial charge >= 0.3 is 5.97 Å². The molecule has 0 bridgehead atoms. The lowest BCUT2D eigenvalue weighted by atomic mass is 10.1. The second-order valence-electron chi connectivity index (χ2n) is 4.39. The fraction of sp³-hybridized carbons (Fsp3) is 0.333. The SMILES string of the molecule is CN(c1nc2ccccc2o1)C(C)(C)C(=O)O. The Balaban J connectivity index is 2.43. The first kappa shape index (κ1) is 11.4. The van der Waals surface area contributed by atoms with Crippen LogP contribution in [0.1, 0.15) is 13.8 Å². The molecule has 5 heteroatoms. The third-order valence-electron chi connectivity index (χ3n) is 2.93.